The van der Waals surface area contributed by atoms with Crippen molar-refractivity contribution >= 4 is 33.1 Å². The first kappa shape index (κ1) is 21.3. The van der Waals surface area contributed by atoms with Gasteiger partial charge in [-0.2, -0.15) is 5.10 Å². The molecule has 0 saturated carbocycles. The minimum atomic E-state index is -0.416. The predicted octanol–water partition coefficient (Wildman–Crippen LogP) is 5.43. The van der Waals surface area contributed by atoms with Crippen LogP contribution in [0.25, 0.3) is 38.5 Å². The van der Waals surface area contributed by atoms with Crippen LogP contribution in [0.4, 0.5) is 5.69 Å². The van der Waals surface area contributed by atoms with E-state index in [2.05, 4.69) is 35.6 Å². The van der Waals surface area contributed by atoms with Gasteiger partial charge >= 0.3 is 0 Å². The summed E-state index contributed by atoms with van der Waals surface area (Å²) in [6, 6.07) is 27.0. The lowest BCUT2D eigenvalue weighted by Crippen LogP contribution is -2.18. The molecule has 4 aromatic carbocycles. The molecule has 0 aliphatic rings. The summed E-state index contributed by atoms with van der Waals surface area (Å²) in [5.74, 6) is -0.0537. The van der Waals surface area contributed by atoms with Gasteiger partial charge in [0, 0.05) is 37.6 Å². The van der Waals surface area contributed by atoms with Crippen molar-refractivity contribution in [2.45, 2.75) is 12.8 Å². The molecule has 7 heteroatoms. The fourth-order valence-electron chi connectivity index (χ4n) is 4.30. The quantitative estimate of drug-likeness (QED) is 0.212. The number of rotatable bonds is 6. The molecule has 0 bridgehead atoms. The second kappa shape index (κ2) is 8.78. The Morgan fingerprint density at radius 3 is 2.15 bits per heavy atom. The molecule has 168 valence electrons. The molecule has 5 rings (SSSR count). The second-order valence-electron chi connectivity index (χ2n) is 8.07. The SMILES string of the molecule is CNC(=O)CCc1cc(-c2c3ccccc3cc3ccccc23)n(-c2ccc([N+](=O)[O-])cc2)n1. The van der Waals surface area contributed by atoms with Gasteiger partial charge in [0.15, 0.2) is 0 Å². The molecule has 0 radical (unpaired) electrons. The molecule has 1 amide bonds. The lowest BCUT2D eigenvalue weighted by Gasteiger charge is -2.14. The molecule has 0 aliphatic carbocycles. The van der Waals surface area contributed by atoms with Crippen molar-refractivity contribution in [2.75, 3.05) is 7.05 Å². The fraction of sp³-hybridized carbons (Fsp3) is 0.111. The number of amides is 1. The summed E-state index contributed by atoms with van der Waals surface area (Å²) in [6.07, 6.45) is 0.804. The molecule has 1 heterocycles. The molecule has 0 spiro atoms. The number of nitrogens with zero attached hydrogens (tertiary/aromatic N) is 3. The Bertz CT molecular complexity index is 1480. The van der Waals surface area contributed by atoms with Crippen LogP contribution in [0.5, 0.6) is 0 Å². The number of nitrogens with one attached hydrogen (secondary N) is 1. The molecular formula is C27H22N4O3. The van der Waals surface area contributed by atoms with Crippen LogP contribution in [0, 0.1) is 10.1 Å². The Morgan fingerprint density at radius 2 is 1.56 bits per heavy atom. The molecule has 0 saturated heterocycles. The normalized spacial score (nSPS) is 11.1. The highest BCUT2D eigenvalue weighted by molar-refractivity contribution is 6.12. The second-order valence-corrected chi connectivity index (χ2v) is 8.07. The molecule has 1 aromatic heterocycles. The molecule has 0 atom stereocenters. The summed E-state index contributed by atoms with van der Waals surface area (Å²) in [6.45, 7) is 0. The van der Waals surface area contributed by atoms with Gasteiger partial charge in [0.2, 0.25) is 5.91 Å². The number of carbonyl (C=O) groups excluding carboxylic acids is 1. The maximum atomic E-state index is 11.9. The van der Waals surface area contributed by atoms with Gasteiger partial charge in [-0.1, -0.05) is 48.5 Å². The molecule has 7 nitrogen and oxygen atoms in total. The number of hydrogen-bond acceptors (Lipinski definition) is 4. The monoisotopic (exact) mass is 450 g/mol. The third-order valence-electron chi connectivity index (χ3n) is 5.98. The van der Waals surface area contributed by atoms with Crippen molar-refractivity contribution in [3.63, 3.8) is 0 Å². The van der Waals surface area contributed by atoms with Crippen LogP contribution in [-0.2, 0) is 11.2 Å². The smallest absolute Gasteiger partial charge is 0.269 e. The van der Waals surface area contributed by atoms with Crippen LogP contribution < -0.4 is 5.32 Å². The van der Waals surface area contributed by atoms with Crippen LogP contribution in [-0.4, -0.2) is 27.7 Å². The van der Waals surface area contributed by atoms with Gasteiger partial charge in [-0.25, -0.2) is 4.68 Å². The predicted molar refractivity (Wildman–Crippen MR) is 133 cm³/mol. The average Bonchev–Trinajstić information content (AvgIpc) is 3.29. The van der Waals surface area contributed by atoms with Crippen LogP contribution in [0.15, 0.2) is 84.9 Å². The van der Waals surface area contributed by atoms with Gasteiger partial charge in [0.25, 0.3) is 5.69 Å². The maximum absolute atomic E-state index is 11.9. The van der Waals surface area contributed by atoms with E-state index in [-0.39, 0.29) is 11.6 Å². The first-order valence-electron chi connectivity index (χ1n) is 11.0. The number of aryl methyl sites for hydroxylation is 1. The summed E-state index contributed by atoms with van der Waals surface area (Å²) >= 11 is 0. The number of hydrogen-bond donors (Lipinski definition) is 1. The Labute approximate surface area is 195 Å². The van der Waals surface area contributed by atoms with Crippen molar-refractivity contribution in [3.05, 3.63) is 101 Å². The Balaban J connectivity index is 1.76. The zero-order valence-corrected chi connectivity index (χ0v) is 18.6. The zero-order chi connectivity index (χ0) is 23.7. The number of carbonyl (C=O) groups is 1. The Kier molecular flexibility index (Phi) is 5.51. The van der Waals surface area contributed by atoms with E-state index in [1.54, 1.807) is 19.2 Å². The van der Waals surface area contributed by atoms with Crippen LogP contribution in [0.3, 0.4) is 0 Å². The molecule has 0 fully saturated rings. The van der Waals surface area contributed by atoms with E-state index in [0.29, 0.717) is 18.5 Å². The minimum Gasteiger partial charge on any atom is -0.359 e. The largest absolute Gasteiger partial charge is 0.359 e. The summed E-state index contributed by atoms with van der Waals surface area (Å²) in [5, 5.41) is 23.0. The highest BCUT2D eigenvalue weighted by Gasteiger charge is 2.18. The molecule has 34 heavy (non-hydrogen) atoms. The molecule has 1 N–H and O–H groups in total. The summed E-state index contributed by atoms with van der Waals surface area (Å²) < 4.78 is 1.82. The van der Waals surface area contributed by atoms with E-state index < -0.39 is 4.92 Å². The standard InChI is InChI=1S/C27H22N4O3/c1-28-26(32)15-10-20-17-25(30(29-20)21-11-13-22(14-12-21)31(33)34)27-23-8-4-2-6-18(23)16-19-7-3-5-9-24(19)27/h2-9,11-14,16-17H,10,15H2,1H3,(H,28,32). The van der Waals surface area contributed by atoms with Crippen molar-refractivity contribution in [1.82, 2.24) is 15.1 Å². The topological polar surface area (TPSA) is 90.1 Å². The lowest BCUT2D eigenvalue weighted by atomic mass is 9.94. The summed E-state index contributed by atoms with van der Waals surface area (Å²) in [4.78, 5) is 22.6. The lowest BCUT2D eigenvalue weighted by molar-refractivity contribution is -0.384. The number of nitro benzene ring substituents is 1. The van der Waals surface area contributed by atoms with Gasteiger partial charge in [-0.05, 0) is 45.8 Å². The zero-order valence-electron chi connectivity index (χ0n) is 18.6. The van der Waals surface area contributed by atoms with Gasteiger partial charge in [-0.15, -0.1) is 0 Å². The van der Waals surface area contributed by atoms with Crippen molar-refractivity contribution in [3.8, 4) is 16.9 Å². The first-order chi connectivity index (χ1) is 16.5. The van der Waals surface area contributed by atoms with E-state index in [1.807, 2.05) is 35.0 Å². The highest BCUT2D eigenvalue weighted by atomic mass is 16.6. The van der Waals surface area contributed by atoms with E-state index >= 15 is 0 Å². The third-order valence-corrected chi connectivity index (χ3v) is 5.98. The fourth-order valence-corrected chi connectivity index (χ4v) is 4.30. The summed E-state index contributed by atoms with van der Waals surface area (Å²) in [7, 11) is 1.62. The molecule has 0 unspecified atom stereocenters. The first-order valence-corrected chi connectivity index (χ1v) is 11.0. The number of benzene rings is 4. The minimum absolute atomic E-state index is 0.0212. The number of non-ortho nitro benzene ring substituents is 1. The molecular weight excluding hydrogens is 428 g/mol. The van der Waals surface area contributed by atoms with Crippen molar-refractivity contribution < 1.29 is 9.72 Å². The molecule has 0 aliphatic heterocycles. The van der Waals surface area contributed by atoms with Crippen LogP contribution in [0.1, 0.15) is 12.1 Å². The Morgan fingerprint density at radius 1 is 0.941 bits per heavy atom. The number of nitro groups is 1. The summed E-state index contributed by atoms with van der Waals surface area (Å²) in [5.41, 5.74) is 3.41. The van der Waals surface area contributed by atoms with Crippen molar-refractivity contribution in [1.29, 1.82) is 0 Å². The van der Waals surface area contributed by atoms with Gasteiger partial charge in [0.05, 0.1) is 22.0 Å². The average molecular weight is 450 g/mol. The maximum Gasteiger partial charge on any atom is 0.269 e. The van der Waals surface area contributed by atoms with Crippen molar-refractivity contribution in [2.24, 2.45) is 0 Å². The van der Waals surface area contributed by atoms with E-state index in [9.17, 15) is 14.9 Å². The third kappa shape index (κ3) is 3.88. The number of fused-ring (bicyclic) bond motifs is 2. The van der Waals surface area contributed by atoms with Gasteiger partial charge in [-0.3, -0.25) is 14.9 Å². The van der Waals surface area contributed by atoms with Crippen LogP contribution >= 0.6 is 0 Å². The highest BCUT2D eigenvalue weighted by Crippen LogP contribution is 2.38. The Hall–Kier alpha value is -4.52. The molecule has 5 aromatic rings. The van der Waals surface area contributed by atoms with Gasteiger partial charge in [0.1, 0.15) is 0 Å². The van der Waals surface area contributed by atoms with E-state index in [0.717, 1.165) is 38.5 Å². The number of aromatic nitrogens is 2. The van der Waals surface area contributed by atoms with Crippen LogP contribution in [0.2, 0.25) is 0 Å². The van der Waals surface area contributed by atoms with E-state index in [1.165, 1.54) is 12.1 Å². The van der Waals surface area contributed by atoms with Gasteiger partial charge < -0.3 is 5.32 Å². The van der Waals surface area contributed by atoms with E-state index in [4.69, 9.17) is 5.10 Å².